The smallest absolute Gasteiger partial charge is 0.265 e. The summed E-state index contributed by atoms with van der Waals surface area (Å²) < 4.78 is 14.2. The lowest BCUT2D eigenvalue weighted by Crippen LogP contribution is -2.22. The van der Waals surface area contributed by atoms with Crippen LogP contribution >= 0.6 is 11.6 Å². The molecule has 0 aliphatic carbocycles. The van der Waals surface area contributed by atoms with Gasteiger partial charge >= 0.3 is 0 Å². The number of benzene rings is 1. The number of nitrogen functional groups attached to an aromatic ring is 1. The summed E-state index contributed by atoms with van der Waals surface area (Å²) in [6.45, 7) is 0. The molecule has 4 N–H and O–H groups in total. The van der Waals surface area contributed by atoms with E-state index < -0.39 is 5.82 Å². The van der Waals surface area contributed by atoms with Crippen molar-refractivity contribution >= 4 is 28.9 Å². The maximum Gasteiger partial charge on any atom is 0.265 e. The van der Waals surface area contributed by atoms with Crippen molar-refractivity contribution in [1.29, 1.82) is 0 Å². The zero-order valence-electron chi connectivity index (χ0n) is 9.01. The highest BCUT2D eigenvalue weighted by molar-refractivity contribution is 6.31. The van der Waals surface area contributed by atoms with Gasteiger partial charge in [0.1, 0.15) is 5.82 Å². The fraction of sp³-hybridized carbons (Fsp3) is 0. The highest BCUT2D eigenvalue weighted by Gasteiger charge is 2.07. The van der Waals surface area contributed by atoms with Gasteiger partial charge in [-0.25, -0.2) is 9.07 Å². The van der Waals surface area contributed by atoms with Crippen LogP contribution < -0.4 is 11.1 Å². The molecule has 0 spiro atoms. The van der Waals surface area contributed by atoms with Crippen LogP contribution in [0.25, 0.3) is 0 Å². The van der Waals surface area contributed by atoms with Crippen LogP contribution in [0.5, 0.6) is 0 Å². The van der Waals surface area contributed by atoms with Crippen LogP contribution in [-0.4, -0.2) is 20.9 Å². The van der Waals surface area contributed by atoms with Crippen molar-refractivity contribution in [1.82, 2.24) is 9.78 Å². The van der Waals surface area contributed by atoms with Crippen LogP contribution in [0.4, 0.5) is 15.8 Å². The lowest BCUT2D eigenvalue weighted by atomic mass is 10.3. The summed E-state index contributed by atoms with van der Waals surface area (Å²) >= 11 is 5.63. The Balaban J connectivity index is 2.23. The SMILES string of the molecule is Nc1cnn(C(=NO)Nc2ccc(F)c(Cl)c2)c1. The molecule has 0 fully saturated rings. The Morgan fingerprint density at radius 1 is 1.56 bits per heavy atom. The Labute approximate surface area is 106 Å². The van der Waals surface area contributed by atoms with Crippen LogP contribution in [0.3, 0.4) is 0 Å². The second kappa shape index (κ2) is 4.92. The van der Waals surface area contributed by atoms with Gasteiger partial charge in [0.15, 0.2) is 0 Å². The molecule has 1 heterocycles. The second-order valence-corrected chi connectivity index (χ2v) is 3.80. The van der Waals surface area contributed by atoms with Gasteiger partial charge in [-0.05, 0) is 23.4 Å². The molecular weight excluding hydrogens is 261 g/mol. The Morgan fingerprint density at radius 2 is 2.33 bits per heavy atom. The number of aromatic nitrogens is 2. The van der Waals surface area contributed by atoms with Gasteiger partial charge in [0, 0.05) is 5.69 Å². The predicted molar refractivity (Wildman–Crippen MR) is 66.3 cm³/mol. The van der Waals surface area contributed by atoms with Crippen molar-refractivity contribution in [2.75, 3.05) is 11.1 Å². The predicted octanol–water partition coefficient (Wildman–Crippen LogP) is 1.96. The molecule has 0 aliphatic rings. The summed E-state index contributed by atoms with van der Waals surface area (Å²) in [5.41, 5.74) is 6.35. The molecule has 1 aromatic heterocycles. The first-order valence-corrected chi connectivity index (χ1v) is 5.22. The van der Waals surface area contributed by atoms with Gasteiger partial charge in [-0.3, -0.25) is 0 Å². The number of nitrogens with two attached hydrogens (primary N) is 1. The van der Waals surface area contributed by atoms with E-state index in [1.54, 1.807) is 0 Å². The zero-order valence-corrected chi connectivity index (χ0v) is 9.76. The van der Waals surface area contributed by atoms with Gasteiger partial charge < -0.3 is 16.3 Å². The number of oxime groups is 1. The average molecular weight is 270 g/mol. The molecule has 6 nitrogen and oxygen atoms in total. The number of rotatable bonds is 1. The van der Waals surface area contributed by atoms with Gasteiger partial charge in [-0.15, -0.1) is 0 Å². The first-order chi connectivity index (χ1) is 8.60. The van der Waals surface area contributed by atoms with Crippen molar-refractivity contribution in [2.24, 2.45) is 5.16 Å². The first-order valence-electron chi connectivity index (χ1n) is 4.85. The quantitative estimate of drug-likeness (QED) is 0.320. The molecule has 1 aromatic carbocycles. The van der Waals surface area contributed by atoms with Crippen LogP contribution in [0, 0.1) is 5.82 Å². The average Bonchev–Trinajstić information content (AvgIpc) is 2.77. The minimum absolute atomic E-state index is 0.00868. The molecule has 0 atom stereocenters. The third-order valence-electron chi connectivity index (χ3n) is 2.09. The molecule has 94 valence electrons. The monoisotopic (exact) mass is 269 g/mol. The lowest BCUT2D eigenvalue weighted by Gasteiger charge is -2.08. The van der Waals surface area contributed by atoms with Gasteiger partial charge in [-0.1, -0.05) is 11.6 Å². The van der Waals surface area contributed by atoms with Crippen molar-refractivity contribution in [3.05, 3.63) is 41.4 Å². The summed E-state index contributed by atoms with van der Waals surface area (Å²) in [6.07, 6.45) is 2.84. The summed E-state index contributed by atoms with van der Waals surface area (Å²) in [5, 5.41) is 18.5. The Kier molecular flexibility index (Phi) is 3.33. The standard InChI is InChI=1S/C10H9ClFN5O/c11-8-3-7(1-2-9(8)12)15-10(16-18)17-5-6(13)4-14-17/h1-5,18H,13H2,(H,15,16). The van der Waals surface area contributed by atoms with Crippen LogP contribution in [0.15, 0.2) is 35.7 Å². The van der Waals surface area contributed by atoms with E-state index in [-0.39, 0.29) is 11.0 Å². The Morgan fingerprint density at radius 3 is 2.89 bits per heavy atom. The molecule has 2 aromatic rings. The second-order valence-electron chi connectivity index (χ2n) is 3.40. The lowest BCUT2D eigenvalue weighted by molar-refractivity contribution is 0.316. The molecule has 0 radical (unpaired) electrons. The van der Waals surface area contributed by atoms with Crippen LogP contribution in [0.2, 0.25) is 5.02 Å². The fourth-order valence-corrected chi connectivity index (χ4v) is 1.46. The minimum Gasteiger partial charge on any atom is -0.408 e. The summed E-state index contributed by atoms with van der Waals surface area (Å²) in [4.78, 5) is 0. The number of hydrogen-bond acceptors (Lipinski definition) is 4. The van der Waals surface area contributed by atoms with Gasteiger partial charge in [0.25, 0.3) is 5.96 Å². The molecule has 2 rings (SSSR count). The highest BCUT2D eigenvalue weighted by Crippen LogP contribution is 2.19. The summed E-state index contributed by atoms with van der Waals surface area (Å²) in [5.74, 6) is -0.526. The van der Waals surface area contributed by atoms with Crippen molar-refractivity contribution in [2.45, 2.75) is 0 Å². The number of nitrogens with one attached hydrogen (secondary N) is 1. The normalized spacial score (nSPS) is 11.6. The van der Waals surface area contributed by atoms with Gasteiger partial charge in [0.05, 0.1) is 23.1 Å². The van der Waals surface area contributed by atoms with E-state index in [1.165, 1.54) is 35.3 Å². The third-order valence-corrected chi connectivity index (χ3v) is 2.38. The molecule has 0 bridgehead atoms. The Hall–Kier alpha value is -2.28. The zero-order chi connectivity index (χ0) is 13.1. The molecule has 8 heteroatoms. The molecule has 0 saturated carbocycles. The molecular formula is C10H9ClFN5O. The van der Waals surface area contributed by atoms with Crippen LogP contribution in [-0.2, 0) is 0 Å². The summed E-state index contributed by atoms with van der Waals surface area (Å²) in [6, 6.07) is 3.99. The van der Waals surface area contributed by atoms with E-state index in [0.29, 0.717) is 11.4 Å². The van der Waals surface area contributed by atoms with E-state index in [1.807, 2.05) is 0 Å². The van der Waals surface area contributed by atoms with E-state index >= 15 is 0 Å². The highest BCUT2D eigenvalue weighted by atomic mass is 35.5. The Bertz CT molecular complexity index is 598. The van der Waals surface area contributed by atoms with Gasteiger partial charge in [-0.2, -0.15) is 5.10 Å². The van der Waals surface area contributed by atoms with Crippen molar-refractivity contribution < 1.29 is 9.60 Å². The van der Waals surface area contributed by atoms with E-state index in [9.17, 15) is 4.39 Å². The van der Waals surface area contributed by atoms with E-state index in [2.05, 4.69) is 15.6 Å². The van der Waals surface area contributed by atoms with E-state index in [4.69, 9.17) is 22.5 Å². The molecule has 18 heavy (non-hydrogen) atoms. The molecule has 0 amide bonds. The maximum absolute atomic E-state index is 13.0. The third kappa shape index (κ3) is 2.51. The fourth-order valence-electron chi connectivity index (χ4n) is 1.28. The number of nitrogens with zero attached hydrogens (tertiary/aromatic N) is 3. The van der Waals surface area contributed by atoms with Crippen LogP contribution in [0.1, 0.15) is 0 Å². The topological polar surface area (TPSA) is 88.5 Å². The molecule has 0 aliphatic heterocycles. The molecule has 0 saturated heterocycles. The molecule has 0 unspecified atom stereocenters. The largest absolute Gasteiger partial charge is 0.408 e. The van der Waals surface area contributed by atoms with E-state index in [0.717, 1.165) is 0 Å². The van der Waals surface area contributed by atoms with Crippen molar-refractivity contribution in [3.8, 4) is 0 Å². The number of hydrogen-bond donors (Lipinski definition) is 3. The van der Waals surface area contributed by atoms with Crippen molar-refractivity contribution in [3.63, 3.8) is 0 Å². The minimum atomic E-state index is -0.534. The number of halogens is 2. The first kappa shape index (κ1) is 12.2. The summed E-state index contributed by atoms with van der Waals surface area (Å²) in [7, 11) is 0. The maximum atomic E-state index is 13.0. The van der Waals surface area contributed by atoms with Gasteiger partial charge in [0.2, 0.25) is 0 Å². The number of anilines is 2.